The van der Waals surface area contributed by atoms with Crippen molar-refractivity contribution in [3.8, 4) is 0 Å². The van der Waals surface area contributed by atoms with Gasteiger partial charge < -0.3 is 4.90 Å². The molecule has 1 fully saturated rings. The van der Waals surface area contributed by atoms with Gasteiger partial charge in [0.1, 0.15) is 0 Å². The van der Waals surface area contributed by atoms with Gasteiger partial charge in [-0.05, 0) is 42.0 Å². The molecule has 0 aromatic heterocycles. The maximum atomic E-state index is 12.5. The number of piperazine rings is 1. The lowest BCUT2D eigenvalue weighted by Gasteiger charge is -2.32. The maximum Gasteiger partial charge on any atom is 0.267 e. The van der Waals surface area contributed by atoms with Crippen molar-refractivity contribution in [2.24, 2.45) is 0 Å². The summed E-state index contributed by atoms with van der Waals surface area (Å²) < 4.78 is 0. The van der Waals surface area contributed by atoms with E-state index in [2.05, 4.69) is 16.8 Å². The monoisotopic (exact) mass is 405 g/mol. The minimum absolute atomic E-state index is 0.0539. The molecule has 2 aromatic carbocycles. The van der Waals surface area contributed by atoms with Gasteiger partial charge in [0, 0.05) is 44.4 Å². The second-order valence-corrected chi connectivity index (χ2v) is 7.45. The summed E-state index contributed by atoms with van der Waals surface area (Å²) >= 11 is 0. The normalized spacial score (nSPS) is 15.7. The van der Waals surface area contributed by atoms with Gasteiger partial charge in [0.05, 0.1) is 0 Å². The fourth-order valence-corrected chi connectivity index (χ4v) is 3.28. The van der Waals surface area contributed by atoms with E-state index in [0.717, 1.165) is 43.9 Å². The second kappa shape index (κ2) is 10.6. The predicted octanol–water partition coefficient (Wildman–Crippen LogP) is 2.85. The molecule has 0 bridgehead atoms. The van der Waals surface area contributed by atoms with Crippen LogP contribution in [0, 0.1) is 0 Å². The number of hydrogen-bond donors (Lipinski definition) is 2. The summed E-state index contributed by atoms with van der Waals surface area (Å²) in [6.07, 6.45) is 6.13. The Kier molecular flexibility index (Phi) is 7.68. The van der Waals surface area contributed by atoms with Crippen LogP contribution in [-0.2, 0) is 11.3 Å². The molecule has 156 valence electrons. The van der Waals surface area contributed by atoms with E-state index in [1.54, 1.807) is 23.7 Å². The number of allylic oxidation sites excluding steroid dienone is 1. The molecule has 3 rings (SSSR count). The smallest absolute Gasteiger partial charge is 0.267 e. The standard InChI is InChI=1S/C24H27N3O3/c1-26-13-15-27(16-14-26)18-21-5-9-22(10-6-21)23(28)11-7-19-3-2-4-20(17-19)8-12-24(29)25-30/h2-12,17,30H,13-16,18H2,1H3,(H,25,29)/b11-7+,12-8+. The van der Waals surface area contributed by atoms with Gasteiger partial charge >= 0.3 is 0 Å². The molecule has 6 heteroatoms. The lowest BCUT2D eigenvalue weighted by molar-refractivity contribution is -0.124. The van der Waals surface area contributed by atoms with Crippen LogP contribution in [-0.4, -0.2) is 59.9 Å². The largest absolute Gasteiger partial charge is 0.304 e. The van der Waals surface area contributed by atoms with E-state index in [9.17, 15) is 9.59 Å². The molecule has 1 aliphatic rings. The third kappa shape index (κ3) is 6.49. The van der Waals surface area contributed by atoms with Gasteiger partial charge in [-0.25, -0.2) is 5.48 Å². The Bertz CT molecular complexity index is 927. The predicted molar refractivity (Wildman–Crippen MR) is 118 cm³/mol. The van der Waals surface area contributed by atoms with Gasteiger partial charge in [0.25, 0.3) is 5.91 Å². The molecular formula is C24H27N3O3. The van der Waals surface area contributed by atoms with E-state index in [4.69, 9.17) is 5.21 Å². The van der Waals surface area contributed by atoms with Crippen molar-refractivity contribution in [1.82, 2.24) is 15.3 Å². The van der Waals surface area contributed by atoms with Crippen LogP contribution in [0.3, 0.4) is 0 Å². The molecule has 1 amide bonds. The van der Waals surface area contributed by atoms with Gasteiger partial charge in [-0.1, -0.05) is 48.5 Å². The Morgan fingerprint density at radius 1 is 0.967 bits per heavy atom. The Morgan fingerprint density at radius 3 is 2.23 bits per heavy atom. The molecule has 0 saturated carbocycles. The molecule has 6 nitrogen and oxygen atoms in total. The van der Waals surface area contributed by atoms with Crippen molar-refractivity contribution in [3.63, 3.8) is 0 Å². The number of carbonyl (C=O) groups is 2. The van der Waals surface area contributed by atoms with Crippen molar-refractivity contribution in [2.75, 3.05) is 33.2 Å². The molecule has 1 saturated heterocycles. The van der Waals surface area contributed by atoms with E-state index in [0.29, 0.717) is 5.56 Å². The highest BCUT2D eigenvalue weighted by Gasteiger charge is 2.13. The molecule has 30 heavy (non-hydrogen) atoms. The topological polar surface area (TPSA) is 72.9 Å². The number of rotatable bonds is 7. The van der Waals surface area contributed by atoms with Crippen molar-refractivity contribution in [2.45, 2.75) is 6.54 Å². The molecule has 0 unspecified atom stereocenters. The van der Waals surface area contributed by atoms with Crippen LogP contribution < -0.4 is 5.48 Å². The average molecular weight is 405 g/mol. The first-order chi connectivity index (χ1) is 14.5. The van der Waals surface area contributed by atoms with Crippen molar-refractivity contribution in [1.29, 1.82) is 0 Å². The average Bonchev–Trinajstić information content (AvgIpc) is 2.78. The number of hydroxylamine groups is 1. The van der Waals surface area contributed by atoms with Gasteiger partial charge in [-0.3, -0.25) is 19.7 Å². The first kappa shape index (κ1) is 21.6. The van der Waals surface area contributed by atoms with Crippen LogP contribution in [0.15, 0.2) is 60.7 Å². The van der Waals surface area contributed by atoms with E-state index in [1.807, 2.05) is 48.5 Å². The Morgan fingerprint density at radius 2 is 1.60 bits per heavy atom. The number of amides is 1. The number of carbonyl (C=O) groups excluding carboxylic acids is 2. The zero-order valence-corrected chi connectivity index (χ0v) is 17.1. The van der Waals surface area contributed by atoms with Gasteiger partial charge in [0.15, 0.2) is 5.78 Å². The van der Waals surface area contributed by atoms with Crippen molar-refractivity contribution in [3.05, 3.63) is 82.9 Å². The SMILES string of the molecule is CN1CCN(Cc2ccc(C(=O)/C=C/c3cccc(/C=C/C(=O)NO)c3)cc2)CC1. The minimum Gasteiger partial charge on any atom is -0.304 e. The number of nitrogens with one attached hydrogen (secondary N) is 1. The summed E-state index contributed by atoms with van der Waals surface area (Å²) in [6.45, 7) is 5.23. The van der Waals surface area contributed by atoms with Crippen molar-refractivity contribution < 1.29 is 14.8 Å². The molecular weight excluding hydrogens is 378 g/mol. The van der Waals surface area contributed by atoms with Crippen LogP contribution in [0.1, 0.15) is 27.0 Å². The number of likely N-dealkylation sites (N-methyl/N-ethyl adjacent to an activating group) is 1. The molecule has 0 spiro atoms. The lowest BCUT2D eigenvalue weighted by atomic mass is 10.1. The first-order valence-corrected chi connectivity index (χ1v) is 9.98. The summed E-state index contributed by atoms with van der Waals surface area (Å²) in [4.78, 5) is 28.3. The van der Waals surface area contributed by atoms with Crippen LogP contribution >= 0.6 is 0 Å². The zero-order chi connectivity index (χ0) is 21.3. The second-order valence-electron chi connectivity index (χ2n) is 7.45. The first-order valence-electron chi connectivity index (χ1n) is 9.98. The van der Waals surface area contributed by atoms with Crippen LogP contribution in [0.25, 0.3) is 12.2 Å². The minimum atomic E-state index is -0.595. The third-order valence-electron chi connectivity index (χ3n) is 5.12. The Hall–Kier alpha value is -3.06. The Balaban J connectivity index is 1.58. The number of hydrogen-bond acceptors (Lipinski definition) is 5. The summed E-state index contributed by atoms with van der Waals surface area (Å²) in [5.41, 5.74) is 5.06. The highest BCUT2D eigenvalue weighted by molar-refractivity contribution is 6.06. The number of ketones is 1. The van der Waals surface area contributed by atoms with Crippen LogP contribution in [0.5, 0.6) is 0 Å². The van der Waals surface area contributed by atoms with E-state index in [-0.39, 0.29) is 5.78 Å². The summed E-state index contributed by atoms with van der Waals surface area (Å²) in [5.74, 6) is -0.649. The molecule has 1 heterocycles. The summed E-state index contributed by atoms with van der Waals surface area (Å²) in [6, 6.07) is 15.2. The van der Waals surface area contributed by atoms with Gasteiger partial charge in [-0.15, -0.1) is 0 Å². The van der Waals surface area contributed by atoms with E-state index in [1.165, 1.54) is 11.6 Å². The fraction of sp³-hybridized carbons (Fsp3) is 0.250. The fourth-order valence-electron chi connectivity index (χ4n) is 3.28. The van der Waals surface area contributed by atoms with E-state index < -0.39 is 5.91 Å². The van der Waals surface area contributed by atoms with Crippen LogP contribution in [0.4, 0.5) is 0 Å². The summed E-state index contributed by atoms with van der Waals surface area (Å²) in [5, 5.41) is 8.53. The third-order valence-corrected chi connectivity index (χ3v) is 5.12. The van der Waals surface area contributed by atoms with Crippen LogP contribution in [0.2, 0.25) is 0 Å². The number of benzene rings is 2. The molecule has 2 aromatic rings. The summed E-state index contributed by atoms with van der Waals surface area (Å²) in [7, 11) is 2.15. The molecule has 1 aliphatic heterocycles. The zero-order valence-electron chi connectivity index (χ0n) is 17.1. The van der Waals surface area contributed by atoms with Crippen molar-refractivity contribution >= 4 is 23.8 Å². The van der Waals surface area contributed by atoms with Gasteiger partial charge in [0.2, 0.25) is 0 Å². The highest BCUT2D eigenvalue weighted by atomic mass is 16.5. The Labute approximate surface area is 177 Å². The van der Waals surface area contributed by atoms with Gasteiger partial charge in [-0.2, -0.15) is 0 Å². The molecule has 0 aliphatic carbocycles. The van der Waals surface area contributed by atoms with E-state index >= 15 is 0 Å². The highest BCUT2D eigenvalue weighted by Crippen LogP contribution is 2.13. The lowest BCUT2D eigenvalue weighted by Crippen LogP contribution is -2.43. The quantitative estimate of drug-likeness (QED) is 0.321. The molecule has 2 N–H and O–H groups in total. The maximum absolute atomic E-state index is 12.5. The number of nitrogens with zero attached hydrogens (tertiary/aromatic N) is 2. The molecule has 0 atom stereocenters. The molecule has 0 radical (unpaired) electrons.